The van der Waals surface area contributed by atoms with E-state index in [1.54, 1.807) is 7.11 Å². The van der Waals surface area contributed by atoms with Crippen molar-refractivity contribution in [2.75, 3.05) is 20.3 Å². The van der Waals surface area contributed by atoms with Crippen LogP contribution in [0.25, 0.3) is 0 Å². The molecule has 0 aromatic carbocycles. The summed E-state index contributed by atoms with van der Waals surface area (Å²) in [5.74, 6) is 0. The molecule has 4 N–H and O–H groups in total. The lowest BCUT2D eigenvalue weighted by atomic mass is 10.1. The summed E-state index contributed by atoms with van der Waals surface area (Å²) >= 11 is 0. The molecule has 0 aliphatic heterocycles. The largest absolute Gasteiger partial charge is 0.383 e. The highest BCUT2D eigenvalue weighted by molar-refractivity contribution is 4.59. The third-order valence-corrected chi connectivity index (χ3v) is 1.41. The summed E-state index contributed by atoms with van der Waals surface area (Å²) in [5, 5.41) is 0. The van der Waals surface area contributed by atoms with E-state index >= 15 is 0 Å². The SMILES string of the molecule is COC[C@@H](N)CCCCN. The predicted octanol–water partition coefficient (Wildman–Crippen LogP) is 0.0891. The Kier molecular flexibility index (Phi) is 6.91. The summed E-state index contributed by atoms with van der Waals surface area (Å²) in [4.78, 5) is 0. The minimum atomic E-state index is 0.191. The van der Waals surface area contributed by atoms with E-state index in [1.807, 2.05) is 0 Å². The molecule has 0 aliphatic carbocycles. The van der Waals surface area contributed by atoms with Gasteiger partial charge < -0.3 is 16.2 Å². The molecule has 3 heteroatoms. The molecule has 3 nitrogen and oxygen atoms in total. The number of unbranched alkanes of at least 4 members (excludes halogenated alkanes) is 1. The zero-order chi connectivity index (χ0) is 7.82. The maximum atomic E-state index is 5.66. The molecular formula is C7H18N2O. The number of hydrogen-bond acceptors (Lipinski definition) is 3. The Labute approximate surface area is 62.7 Å². The number of ether oxygens (including phenoxy) is 1. The van der Waals surface area contributed by atoms with Gasteiger partial charge in [0.05, 0.1) is 6.61 Å². The van der Waals surface area contributed by atoms with Gasteiger partial charge in [-0.15, -0.1) is 0 Å². The Balaban J connectivity index is 2.97. The third kappa shape index (κ3) is 6.01. The van der Waals surface area contributed by atoms with Gasteiger partial charge in [0, 0.05) is 13.2 Å². The van der Waals surface area contributed by atoms with Gasteiger partial charge in [0.2, 0.25) is 0 Å². The first-order valence-corrected chi connectivity index (χ1v) is 3.76. The zero-order valence-electron chi connectivity index (χ0n) is 6.68. The number of hydrogen-bond donors (Lipinski definition) is 2. The van der Waals surface area contributed by atoms with E-state index in [1.165, 1.54) is 0 Å². The van der Waals surface area contributed by atoms with Gasteiger partial charge in [-0.3, -0.25) is 0 Å². The van der Waals surface area contributed by atoms with Crippen molar-refractivity contribution in [1.82, 2.24) is 0 Å². The fourth-order valence-electron chi connectivity index (χ4n) is 0.848. The minimum Gasteiger partial charge on any atom is -0.383 e. The molecule has 0 bridgehead atoms. The minimum absolute atomic E-state index is 0.191. The van der Waals surface area contributed by atoms with E-state index in [0.717, 1.165) is 25.8 Å². The van der Waals surface area contributed by atoms with Crippen LogP contribution in [0.2, 0.25) is 0 Å². The fourth-order valence-corrected chi connectivity index (χ4v) is 0.848. The van der Waals surface area contributed by atoms with Crippen LogP contribution in [0.1, 0.15) is 19.3 Å². The molecule has 0 unspecified atom stereocenters. The van der Waals surface area contributed by atoms with Crippen molar-refractivity contribution in [3.63, 3.8) is 0 Å². The van der Waals surface area contributed by atoms with Gasteiger partial charge in [-0.05, 0) is 19.4 Å². The average molecular weight is 146 g/mol. The smallest absolute Gasteiger partial charge is 0.0613 e. The van der Waals surface area contributed by atoms with Crippen LogP contribution in [0.15, 0.2) is 0 Å². The summed E-state index contributed by atoms with van der Waals surface area (Å²) in [5.41, 5.74) is 11.0. The van der Waals surface area contributed by atoms with Crippen molar-refractivity contribution in [1.29, 1.82) is 0 Å². The highest BCUT2D eigenvalue weighted by atomic mass is 16.5. The molecule has 0 fully saturated rings. The van der Waals surface area contributed by atoms with Crippen LogP contribution in [0.4, 0.5) is 0 Å². The second-order valence-electron chi connectivity index (χ2n) is 2.50. The van der Waals surface area contributed by atoms with E-state index in [2.05, 4.69) is 0 Å². The van der Waals surface area contributed by atoms with Gasteiger partial charge in [-0.2, -0.15) is 0 Å². The lowest BCUT2D eigenvalue weighted by Gasteiger charge is -2.08. The Morgan fingerprint density at radius 2 is 2.10 bits per heavy atom. The quantitative estimate of drug-likeness (QED) is 0.522. The molecule has 0 spiro atoms. The van der Waals surface area contributed by atoms with Gasteiger partial charge in [-0.1, -0.05) is 6.42 Å². The molecule has 0 aromatic heterocycles. The van der Waals surface area contributed by atoms with Gasteiger partial charge in [0.1, 0.15) is 0 Å². The highest BCUT2D eigenvalue weighted by Gasteiger charge is 1.99. The van der Waals surface area contributed by atoms with Gasteiger partial charge in [-0.25, -0.2) is 0 Å². The Bertz CT molecular complexity index is 68.6. The molecule has 0 aliphatic rings. The monoisotopic (exact) mass is 146 g/mol. The summed E-state index contributed by atoms with van der Waals surface area (Å²) in [6.07, 6.45) is 3.20. The highest BCUT2D eigenvalue weighted by Crippen LogP contribution is 1.97. The van der Waals surface area contributed by atoms with Crippen LogP contribution in [0, 0.1) is 0 Å². The average Bonchev–Trinajstić information content (AvgIpc) is 1.89. The first-order valence-electron chi connectivity index (χ1n) is 3.76. The Morgan fingerprint density at radius 3 is 2.60 bits per heavy atom. The van der Waals surface area contributed by atoms with Gasteiger partial charge in [0.25, 0.3) is 0 Å². The third-order valence-electron chi connectivity index (χ3n) is 1.41. The summed E-state index contributed by atoms with van der Waals surface area (Å²) in [6.45, 7) is 1.42. The molecule has 0 rings (SSSR count). The van der Waals surface area contributed by atoms with Crippen molar-refractivity contribution in [2.45, 2.75) is 25.3 Å². The lowest BCUT2D eigenvalue weighted by Crippen LogP contribution is -2.25. The van der Waals surface area contributed by atoms with Crippen LogP contribution in [0.3, 0.4) is 0 Å². The summed E-state index contributed by atoms with van der Waals surface area (Å²) in [7, 11) is 1.67. The van der Waals surface area contributed by atoms with Crippen LogP contribution in [-0.2, 0) is 4.74 Å². The predicted molar refractivity (Wildman–Crippen MR) is 42.8 cm³/mol. The van der Waals surface area contributed by atoms with Gasteiger partial charge >= 0.3 is 0 Å². The molecule has 0 aromatic rings. The van der Waals surface area contributed by atoms with Crippen molar-refractivity contribution in [3.05, 3.63) is 0 Å². The Morgan fingerprint density at radius 1 is 1.40 bits per heavy atom. The topological polar surface area (TPSA) is 61.3 Å². The van der Waals surface area contributed by atoms with E-state index < -0.39 is 0 Å². The second kappa shape index (κ2) is 6.99. The number of rotatable bonds is 6. The number of nitrogens with two attached hydrogens (primary N) is 2. The van der Waals surface area contributed by atoms with Crippen LogP contribution < -0.4 is 11.5 Å². The molecule has 0 radical (unpaired) electrons. The van der Waals surface area contributed by atoms with Crippen molar-refractivity contribution >= 4 is 0 Å². The van der Waals surface area contributed by atoms with Crippen molar-refractivity contribution in [3.8, 4) is 0 Å². The lowest BCUT2D eigenvalue weighted by molar-refractivity contribution is 0.176. The fraction of sp³-hybridized carbons (Fsp3) is 1.00. The van der Waals surface area contributed by atoms with Crippen LogP contribution >= 0.6 is 0 Å². The summed E-state index contributed by atoms with van der Waals surface area (Å²) < 4.78 is 4.88. The second-order valence-corrected chi connectivity index (χ2v) is 2.50. The Hall–Kier alpha value is -0.120. The van der Waals surface area contributed by atoms with Crippen LogP contribution in [-0.4, -0.2) is 26.3 Å². The molecule has 0 heterocycles. The van der Waals surface area contributed by atoms with E-state index in [0.29, 0.717) is 6.61 Å². The standard InChI is InChI=1S/C7H18N2O/c1-10-6-7(9)4-2-3-5-8/h7H,2-6,8-9H2,1H3/t7-/m0/s1. The zero-order valence-corrected chi connectivity index (χ0v) is 6.68. The van der Waals surface area contributed by atoms with Crippen molar-refractivity contribution < 1.29 is 4.74 Å². The van der Waals surface area contributed by atoms with Crippen LogP contribution in [0.5, 0.6) is 0 Å². The molecule has 0 saturated heterocycles. The molecule has 10 heavy (non-hydrogen) atoms. The molecule has 0 saturated carbocycles. The van der Waals surface area contributed by atoms with Crippen molar-refractivity contribution in [2.24, 2.45) is 11.5 Å². The van der Waals surface area contributed by atoms with E-state index in [-0.39, 0.29) is 6.04 Å². The normalized spacial score (nSPS) is 13.5. The maximum absolute atomic E-state index is 5.66. The van der Waals surface area contributed by atoms with E-state index in [9.17, 15) is 0 Å². The van der Waals surface area contributed by atoms with E-state index in [4.69, 9.17) is 16.2 Å². The first kappa shape index (κ1) is 9.88. The molecular weight excluding hydrogens is 128 g/mol. The first-order chi connectivity index (χ1) is 4.81. The van der Waals surface area contributed by atoms with Gasteiger partial charge in [0.15, 0.2) is 0 Å². The summed E-state index contributed by atoms with van der Waals surface area (Å²) in [6, 6.07) is 0.191. The molecule has 62 valence electrons. The maximum Gasteiger partial charge on any atom is 0.0613 e. The number of methoxy groups -OCH3 is 1. The molecule has 1 atom stereocenters. The molecule has 0 amide bonds.